The zero-order valence-corrected chi connectivity index (χ0v) is 23.7. The average molecular weight is 576 g/mol. The van der Waals surface area contributed by atoms with Crippen LogP contribution in [0.15, 0.2) is 42.6 Å². The molecule has 0 atom stereocenters. The van der Waals surface area contributed by atoms with E-state index < -0.39 is 11.6 Å². The lowest BCUT2D eigenvalue weighted by molar-refractivity contribution is 0.108. The number of aliphatic hydroxyl groups is 1. The Morgan fingerprint density at radius 3 is 2.69 bits per heavy atom. The van der Waals surface area contributed by atoms with Gasteiger partial charge in [-0.1, -0.05) is 25.1 Å². The summed E-state index contributed by atoms with van der Waals surface area (Å²) in [6.45, 7) is 8.44. The van der Waals surface area contributed by atoms with Crippen molar-refractivity contribution in [2.75, 3.05) is 38.2 Å². The third-order valence-corrected chi connectivity index (χ3v) is 8.70. The summed E-state index contributed by atoms with van der Waals surface area (Å²) in [6.07, 6.45) is 6.66. The van der Waals surface area contributed by atoms with E-state index in [4.69, 9.17) is 4.74 Å². The number of anilines is 1. The van der Waals surface area contributed by atoms with Crippen LogP contribution in [-0.4, -0.2) is 68.5 Å². The fraction of sp³-hybridized carbons (Fsp3) is 0.406. The Bertz CT molecular complexity index is 1670. The van der Waals surface area contributed by atoms with Gasteiger partial charge in [0.05, 0.1) is 17.5 Å². The van der Waals surface area contributed by atoms with E-state index in [9.17, 15) is 14.6 Å². The molecule has 0 saturated carbocycles. The molecule has 4 heterocycles. The van der Waals surface area contributed by atoms with Crippen molar-refractivity contribution in [2.24, 2.45) is 0 Å². The third-order valence-electron chi connectivity index (χ3n) is 8.70. The second-order valence-corrected chi connectivity index (χ2v) is 11.3. The Kier molecular flexibility index (Phi) is 7.67. The monoisotopic (exact) mass is 575 g/mol. The number of aliphatic hydroxyl groups excluding tert-OH is 1. The predicted molar refractivity (Wildman–Crippen MR) is 159 cm³/mol. The van der Waals surface area contributed by atoms with Gasteiger partial charge in [0.25, 0.3) is 0 Å². The smallest absolute Gasteiger partial charge is 0.319 e. The van der Waals surface area contributed by atoms with Crippen molar-refractivity contribution in [3.05, 3.63) is 59.8 Å². The van der Waals surface area contributed by atoms with Crippen LogP contribution in [0.4, 0.5) is 14.6 Å². The molecule has 0 radical (unpaired) electrons. The standard InChI is InChI=1S/C32H35F2N5O3/c1-3-22-25(33)7-6-20-14-21(41)15-23(26(20)22)28-27(34)29-24(16-36-28)30(35-11-8-19(2)17-40)38-31(37-29)42-18-32-9-4-12-39(32)13-5-10-32/h6-7,14-16,40-41H,2-5,8-13,17-18H2,1H3,(H,35,37,38). The minimum atomic E-state index is -0.720. The van der Waals surface area contributed by atoms with E-state index in [0.29, 0.717) is 59.1 Å². The molecule has 6 rings (SSSR count). The molecule has 2 saturated heterocycles. The van der Waals surface area contributed by atoms with Crippen molar-refractivity contribution in [1.29, 1.82) is 0 Å². The molecule has 10 heteroatoms. The van der Waals surface area contributed by atoms with Crippen LogP contribution in [0.3, 0.4) is 0 Å². The molecule has 42 heavy (non-hydrogen) atoms. The first-order valence-corrected chi connectivity index (χ1v) is 14.5. The molecule has 0 spiro atoms. The number of halogens is 2. The van der Waals surface area contributed by atoms with Crippen LogP contribution >= 0.6 is 0 Å². The van der Waals surface area contributed by atoms with Gasteiger partial charge < -0.3 is 20.3 Å². The van der Waals surface area contributed by atoms with Crippen molar-refractivity contribution >= 4 is 27.5 Å². The van der Waals surface area contributed by atoms with E-state index in [1.54, 1.807) is 6.07 Å². The fourth-order valence-corrected chi connectivity index (χ4v) is 6.55. The number of rotatable bonds is 10. The highest BCUT2D eigenvalue weighted by Crippen LogP contribution is 2.40. The number of phenols is 1. The summed E-state index contributed by atoms with van der Waals surface area (Å²) >= 11 is 0. The number of aromatic nitrogens is 3. The van der Waals surface area contributed by atoms with Crippen molar-refractivity contribution in [1.82, 2.24) is 19.9 Å². The Morgan fingerprint density at radius 2 is 1.95 bits per heavy atom. The van der Waals surface area contributed by atoms with Gasteiger partial charge in [-0.15, -0.1) is 0 Å². The molecular formula is C32H35F2N5O3. The predicted octanol–water partition coefficient (Wildman–Crippen LogP) is 5.75. The number of fused-ring (bicyclic) bond motifs is 3. The number of hydrogen-bond donors (Lipinski definition) is 3. The lowest BCUT2D eigenvalue weighted by atomic mass is 9.94. The Morgan fingerprint density at radius 1 is 1.17 bits per heavy atom. The number of nitrogens with zero attached hydrogens (tertiary/aromatic N) is 4. The number of aryl methyl sites for hydroxylation is 1. The maximum absolute atomic E-state index is 16.5. The largest absolute Gasteiger partial charge is 0.508 e. The highest BCUT2D eigenvalue weighted by atomic mass is 19.1. The number of aromatic hydroxyl groups is 1. The Labute approximate surface area is 243 Å². The highest BCUT2D eigenvalue weighted by Gasteiger charge is 2.45. The van der Waals surface area contributed by atoms with Crippen molar-refractivity contribution in [2.45, 2.75) is 51.0 Å². The molecule has 0 bridgehead atoms. The minimum Gasteiger partial charge on any atom is -0.508 e. The van der Waals surface area contributed by atoms with Gasteiger partial charge in [0.1, 0.15) is 35.2 Å². The summed E-state index contributed by atoms with van der Waals surface area (Å²) in [7, 11) is 0. The molecule has 3 N–H and O–H groups in total. The van der Waals surface area contributed by atoms with Crippen molar-refractivity contribution < 1.29 is 23.7 Å². The summed E-state index contributed by atoms with van der Waals surface area (Å²) in [6, 6.07) is 5.91. The molecule has 4 aromatic rings. The highest BCUT2D eigenvalue weighted by molar-refractivity contribution is 6.01. The van der Waals surface area contributed by atoms with Crippen molar-refractivity contribution in [3.8, 4) is 23.0 Å². The number of hydrogen-bond acceptors (Lipinski definition) is 8. The van der Waals surface area contributed by atoms with E-state index in [1.807, 2.05) is 6.92 Å². The summed E-state index contributed by atoms with van der Waals surface area (Å²) in [5.74, 6) is -0.851. The van der Waals surface area contributed by atoms with Crippen LogP contribution in [0, 0.1) is 11.6 Å². The second-order valence-electron chi connectivity index (χ2n) is 11.3. The van der Waals surface area contributed by atoms with Gasteiger partial charge in [-0.2, -0.15) is 9.97 Å². The third kappa shape index (κ3) is 5.03. The number of phenolic OH excluding ortho intramolecular Hbond substituents is 1. The summed E-state index contributed by atoms with van der Waals surface area (Å²) in [5.41, 5.74) is 1.26. The van der Waals surface area contributed by atoms with Gasteiger partial charge in [0, 0.05) is 18.3 Å². The van der Waals surface area contributed by atoms with Gasteiger partial charge in [-0.05, 0) is 86.1 Å². The lowest BCUT2D eigenvalue weighted by Crippen LogP contribution is -2.43. The number of ether oxygens (including phenoxy) is 1. The van der Waals surface area contributed by atoms with Crippen LogP contribution in [0.2, 0.25) is 0 Å². The molecule has 2 aromatic heterocycles. The molecule has 8 nitrogen and oxygen atoms in total. The van der Waals surface area contributed by atoms with Gasteiger partial charge >= 0.3 is 6.01 Å². The Hall–Kier alpha value is -3.89. The Balaban J connectivity index is 1.46. The van der Waals surface area contributed by atoms with Gasteiger partial charge in [-0.25, -0.2) is 8.78 Å². The second kappa shape index (κ2) is 11.4. The molecule has 2 aliphatic heterocycles. The average Bonchev–Trinajstić information content (AvgIpc) is 3.57. The maximum Gasteiger partial charge on any atom is 0.319 e. The molecule has 220 valence electrons. The molecular weight excluding hydrogens is 540 g/mol. The quantitative estimate of drug-likeness (QED) is 0.206. The van der Waals surface area contributed by atoms with Crippen molar-refractivity contribution in [3.63, 3.8) is 0 Å². The number of nitrogens with one attached hydrogen (secondary N) is 1. The SMILES string of the molecule is C=C(CO)CCNc1nc(OCC23CCCN2CCC3)nc2c(F)c(-c3cc(O)cc4ccc(F)c(CC)c34)ncc12. The maximum atomic E-state index is 16.5. The van der Waals surface area contributed by atoms with Gasteiger partial charge in [-0.3, -0.25) is 9.88 Å². The van der Waals surface area contributed by atoms with Crippen LogP contribution in [0.1, 0.15) is 44.6 Å². The minimum absolute atomic E-state index is 0.00614. The first kappa shape index (κ1) is 28.2. The van der Waals surface area contributed by atoms with E-state index in [1.165, 1.54) is 24.4 Å². The molecule has 0 unspecified atom stereocenters. The lowest BCUT2D eigenvalue weighted by Gasteiger charge is -2.31. The van der Waals surface area contributed by atoms with Gasteiger partial charge in [0.15, 0.2) is 5.82 Å². The normalized spacial score (nSPS) is 16.3. The van der Waals surface area contributed by atoms with E-state index in [2.05, 4.69) is 31.7 Å². The first-order valence-electron chi connectivity index (χ1n) is 14.5. The zero-order valence-electron chi connectivity index (χ0n) is 23.7. The molecule has 0 amide bonds. The zero-order chi connectivity index (χ0) is 29.4. The van der Waals surface area contributed by atoms with E-state index in [-0.39, 0.29) is 40.7 Å². The van der Waals surface area contributed by atoms with Crippen LogP contribution in [0.5, 0.6) is 11.8 Å². The molecule has 2 aliphatic rings. The first-order chi connectivity index (χ1) is 20.3. The number of benzene rings is 2. The molecule has 2 fully saturated rings. The summed E-state index contributed by atoms with van der Waals surface area (Å²) in [5, 5.41) is 24.5. The van der Waals surface area contributed by atoms with Gasteiger partial charge in [0.2, 0.25) is 0 Å². The molecule has 0 aliphatic carbocycles. The summed E-state index contributed by atoms with van der Waals surface area (Å²) in [4.78, 5) is 16.0. The topological polar surface area (TPSA) is 104 Å². The number of pyridine rings is 1. The van der Waals surface area contributed by atoms with E-state index in [0.717, 1.165) is 38.8 Å². The van der Waals surface area contributed by atoms with Crippen LogP contribution in [-0.2, 0) is 6.42 Å². The fourth-order valence-electron chi connectivity index (χ4n) is 6.55. The summed E-state index contributed by atoms with van der Waals surface area (Å²) < 4.78 is 37.5. The van der Waals surface area contributed by atoms with Crippen LogP contribution in [0.25, 0.3) is 32.9 Å². The van der Waals surface area contributed by atoms with E-state index >= 15 is 4.39 Å². The molecule has 2 aromatic carbocycles. The van der Waals surface area contributed by atoms with Crippen LogP contribution < -0.4 is 10.1 Å².